The molecule has 0 unspecified atom stereocenters. The first-order valence-corrected chi connectivity index (χ1v) is 21.9. The van der Waals surface area contributed by atoms with E-state index in [0.717, 1.165) is 53.5 Å². The predicted molar refractivity (Wildman–Crippen MR) is 255 cm³/mol. The Morgan fingerprint density at radius 3 is 1.83 bits per heavy atom. The number of rotatable bonds is 7. The number of nitrogens with zero attached hydrogens (tertiary/aromatic N) is 6. The molecular weight excluding hydrogens is 803 g/mol. The summed E-state index contributed by atoms with van der Waals surface area (Å²) in [6.45, 7) is 17.7. The molecule has 9 rings (SSSR count). The van der Waals surface area contributed by atoms with E-state index in [1.807, 2.05) is 60.8 Å². The number of hydrogen-bond donors (Lipinski definition) is 5. The van der Waals surface area contributed by atoms with Crippen molar-refractivity contribution in [3.05, 3.63) is 114 Å². The van der Waals surface area contributed by atoms with E-state index >= 15 is 0 Å². The molecule has 0 aliphatic carbocycles. The van der Waals surface area contributed by atoms with Gasteiger partial charge in [-0.05, 0) is 134 Å². The van der Waals surface area contributed by atoms with E-state index in [4.69, 9.17) is 4.74 Å². The molecule has 3 aromatic carbocycles. The predicted octanol–water partition coefficient (Wildman–Crippen LogP) is 9.19. The van der Waals surface area contributed by atoms with Crippen LogP contribution < -0.4 is 25.8 Å². The molecule has 0 radical (unpaired) electrons. The molecule has 4 aromatic heterocycles. The number of nitrogens with one attached hydrogen (secondary N) is 3. The third-order valence-electron chi connectivity index (χ3n) is 12.2. The number of benzene rings is 3. The monoisotopic (exact) mass is 861 g/mol. The van der Waals surface area contributed by atoms with Gasteiger partial charge >= 0.3 is 0 Å². The maximum atomic E-state index is 12.1. The summed E-state index contributed by atoms with van der Waals surface area (Å²) in [6, 6.07) is 28.5. The minimum absolute atomic E-state index is 0.0241. The van der Waals surface area contributed by atoms with Crippen molar-refractivity contribution in [2.24, 2.45) is 0 Å². The van der Waals surface area contributed by atoms with Crippen LogP contribution >= 0.6 is 0 Å². The summed E-state index contributed by atoms with van der Waals surface area (Å²) >= 11 is 0. The first-order valence-electron chi connectivity index (χ1n) is 21.9. The molecule has 332 valence electrons. The standard InChI is InChI=1S/C29H33N5O.C22H26N4O3/c1-28(2)16-22(17-29(3,4)33-28)34(5)27-12-11-24(31-32-27)23-13-21-18-30-25(14-20(21)15-26(23)35)19-9-7-6-8-10-19;1-21(2)11-14(12-22(3,4)26-21)29-19-6-5-17(24-25-19)16-10-15-13(9-18(16)27)7-8-23-20(15)28/h6-15,18,22,33,35H,16-17H2,1-5H3;5-10,14,26-27H,11-12H2,1-4H3,(H,23,28). The molecule has 7 aromatic rings. The van der Waals surface area contributed by atoms with Crippen molar-refractivity contribution in [1.82, 2.24) is 41.0 Å². The number of aromatic hydroxyl groups is 2. The second-order valence-electron chi connectivity index (χ2n) is 20.1. The van der Waals surface area contributed by atoms with Crippen LogP contribution in [0.1, 0.15) is 81.1 Å². The number of phenolic OH excluding ortho intramolecular Hbond substituents is 2. The van der Waals surface area contributed by atoms with Crippen molar-refractivity contribution in [1.29, 1.82) is 0 Å². The molecular formula is C51H59N9O4. The molecule has 64 heavy (non-hydrogen) atoms. The molecule has 2 fully saturated rings. The van der Waals surface area contributed by atoms with Crippen LogP contribution in [0.2, 0.25) is 0 Å². The van der Waals surface area contributed by atoms with Gasteiger partial charge in [-0.3, -0.25) is 9.78 Å². The highest BCUT2D eigenvalue weighted by atomic mass is 16.5. The van der Waals surface area contributed by atoms with Gasteiger partial charge in [0.25, 0.3) is 5.56 Å². The number of aromatic amines is 1. The van der Waals surface area contributed by atoms with Gasteiger partial charge in [-0.2, -0.15) is 0 Å². The lowest BCUT2D eigenvalue weighted by Crippen LogP contribution is -2.62. The highest BCUT2D eigenvalue weighted by molar-refractivity contribution is 5.92. The molecule has 2 aliphatic rings. The smallest absolute Gasteiger partial charge is 0.255 e. The van der Waals surface area contributed by atoms with Gasteiger partial charge in [-0.25, -0.2) is 0 Å². The molecule has 0 atom stereocenters. The lowest BCUT2D eigenvalue weighted by molar-refractivity contribution is 0.0524. The highest BCUT2D eigenvalue weighted by Crippen LogP contribution is 2.37. The Morgan fingerprint density at radius 2 is 1.22 bits per heavy atom. The first-order chi connectivity index (χ1) is 30.2. The summed E-state index contributed by atoms with van der Waals surface area (Å²) < 4.78 is 6.11. The Bertz CT molecular complexity index is 2810. The van der Waals surface area contributed by atoms with Crippen LogP contribution in [-0.2, 0) is 0 Å². The van der Waals surface area contributed by atoms with Crippen LogP contribution in [-0.4, -0.2) is 81.9 Å². The number of pyridine rings is 2. The van der Waals surface area contributed by atoms with E-state index < -0.39 is 0 Å². The summed E-state index contributed by atoms with van der Waals surface area (Å²) in [5, 5.41) is 49.0. The van der Waals surface area contributed by atoms with Gasteiger partial charge in [0.1, 0.15) is 17.6 Å². The average molecular weight is 862 g/mol. The number of phenols is 2. The second-order valence-corrected chi connectivity index (χ2v) is 20.1. The molecule has 0 saturated carbocycles. The van der Waals surface area contributed by atoms with Gasteiger partial charge < -0.3 is 35.5 Å². The second kappa shape index (κ2) is 16.9. The molecule has 13 heteroatoms. The quantitative estimate of drug-likeness (QED) is 0.103. The third kappa shape index (κ3) is 10.0. The molecule has 0 bridgehead atoms. The summed E-state index contributed by atoms with van der Waals surface area (Å²) in [5.41, 5.74) is 3.99. The average Bonchev–Trinajstić information content (AvgIpc) is 3.22. The van der Waals surface area contributed by atoms with Gasteiger partial charge in [0.15, 0.2) is 5.82 Å². The van der Waals surface area contributed by atoms with Crippen LogP contribution in [0, 0.1) is 0 Å². The number of ether oxygens (including phenoxy) is 1. The molecule has 0 spiro atoms. The minimum atomic E-state index is -0.215. The van der Waals surface area contributed by atoms with Crippen LogP contribution in [0.5, 0.6) is 17.4 Å². The molecule has 2 saturated heterocycles. The Balaban J connectivity index is 0.000000178. The normalized spacial score (nSPS) is 18.0. The van der Waals surface area contributed by atoms with Crippen LogP contribution in [0.4, 0.5) is 5.82 Å². The Labute approximate surface area is 374 Å². The van der Waals surface area contributed by atoms with Crippen LogP contribution in [0.15, 0.2) is 108 Å². The maximum Gasteiger partial charge on any atom is 0.255 e. The number of fused-ring (bicyclic) bond motifs is 2. The number of hydrogen-bond acceptors (Lipinski definition) is 12. The topological polar surface area (TPSA) is 174 Å². The number of piperidine rings is 2. The summed E-state index contributed by atoms with van der Waals surface area (Å²) in [7, 11) is 2.09. The van der Waals surface area contributed by atoms with Crippen molar-refractivity contribution in [3.8, 4) is 51.2 Å². The molecule has 13 nitrogen and oxygen atoms in total. The van der Waals surface area contributed by atoms with E-state index in [2.05, 4.69) is 108 Å². The lowest BCUT2D eigenvalue weighted by Gasteiger charge is -2.49. The Hall–Kier alpha value is -6.44. The van der Waals surface area contributed by atoms with Gasteiger partial charge in [-0.1, -0.05) is 30.3 Å². The van der Waals surface area contributed by atoms with Gasteiger partial charge in [0.2, 0.25) is 5.88 Å². The van der Waals surface area contributed by atoms with Crippen molar-refractivity contribution in [2.75, 3.05) is 11.9 Å². The van der Waals surface area contributed by atoms with Crippen molar-refractivity contribution < 1.29 is 14.9 Å². The molecule has 6 heterocycles. The molecule has 5 N–H and O–H groups in total. The minimum Gasteiger partial charge on any atom is -0.507 e. The van der Waals surface area contributed by atoms with Crippen molar-refractivity contribution in [3.63, 3.8) is 0 Å². The van der Waals surface area contributed by atoms with Crippen molar-refractivity contribution >= 4 is 27.4 Å². The van der Waals surface area contributed by atoms with Crippen LogP contribution in [0.3, 0.4) is 0 Å². The molecule has 0 amide bonds. The zero-order valence-electron chi connectivity index (χ0n) is 38.2. The number of anilines is 1. The highest BCUT2D eigenvalue weighted by Gasteiger charge is 2.40. The zero-order chi connectivity index (χ0) is 45.6. The number of H-pyrrole nitrogens is 1. The fourth-order valence-electron chi connectivity index (χ4n) is 9.98. The fourth-order valence-corrected chi connectivity index (χ4v) is 9.98. The zero-order valence-corrected chi connectivity index (χ0v) is 38.2. The van der Waals surface area contributed by atoms with E-state index in [0.29, 0.717) is 45.2 Å². The summed E-state index contributed by atoms with van der Waals surface area (Å²) in [4.78, 5) is 21.6. The van der Waals surface area contributed by atoms with E-state index in [9.17, 15) is 15.0 Å². The van der Waals surface area contributed by atoms with E-state index in [1.165, 1.54) is 0 Å². The lowest BCUT2D eigenvalue weighted by atomic mass is 9.79. The Kier molecular flexibility index (Phi) is 11.7. The largest absolute Gasteiger partial charge is 0.507 e. The Morgan fingerprint density at radius 1 is 0.625 bits per heavy atom. The number of aromatic nitrogens is 6. The van der Waals surface area contributed by atoms with Gasteiger partial charge in [-0.15, -0.1) is 20.4 Å². The summed E-state index contributed by atoms with van der Waals surface area (Å²) in [5.74, 6) is 1.51. The van der Waals surface area contributed by atoms with Gasteiger partial charge in [0.05, 0.1) is 17.1 Å². The fraction of sp³-hybridized carbons (Fsp3) is 0.373. The van der Waals surface area contributed by atoms with E-state index in [-0.39, 0.29) is 45.3 Å². The maximum absolute atomic E-state index is 12.1. The third-order valence-corrected chi connectivity index (χ3v) is 12.2. The van der Waals surface area contributed by atoms with Crippen LogP contribution in [0.25, 0.3) is 55.3 Å². The van der Waals surface area contributed by atoms with E-state index in [1.54, 1.807) is 42.6 Å². The molecule has 2 aliphatic heterocycles. The first kappa shape index (κ1) is 44.2. The summed E-state index contributed by atoms with van der Waals surface area (Å²) in [6.07, 6.45) is 7.23. The SMILES string of the molecule is CC1(C)CC(Oc2ccc(-c3cc4c(=O)[nH]ccc4cc3O)nn2)CC(C)(C)N1.CN(c1ccc(-c2cc3cnc(-c4ccccc4)cc3cc2O)nn1)C1CC(C)(C)NC(C)(C)C1. The van der Waals surface area contributed by atoms with Gasteiger partial charge in [0, 0.05) is 94.0 Å². The van der Waals surface area contributed by atoms with Crippen molar-refractivity contribution in [2.45, 2.75) is 115 Å².